The van der Waals surface area contributed by atoms with Crippen molar-refractivity contribution < 1.29 is 4.79 Å². The standard InChI is InChI=1S/C10H14N2O.ClH/c1-3-8(2)12-10(13)9-5-4-6-11-7-9;/h4-8H,3H2,1-2H3,(H,12,13);1H. The van der Waals surface area contributed by atoms with Crippen molar-refractivity contribution in [3.05, 3.63) is 30.1 Å². The number of halogens is 1. The molecule has 0 bridgehead atoms. The van der Waals surface area contributed by atoms with Gasteiger partial charge in [0.05, 0.1) is 5.56 Å². The number of hydrogen-bond acceptors (Lipinski definition) is 2. The van der Waals surface area contributed by atoms with Crippen LogP contribution in [0.15, 0.2) is 24.5 Å². The highest BCUT2D eigenvalue weighted by atomic mass is 35.5. The smallest absolute Gasteiger partial charge is 0.253 e. The fourth-order valence-corrected chi connectivity index (χ4v) is 0.906. The summed E-state index contributed by atoms with van der Waals surface area (Å²) in [4.78, 5) is 15.3. The van der Waals surface area contributed by atoms with Crippen molar-refractivity contribution >= 4 is 18.3 Å². The molecule has 0 spiro atoms. The van der Waals surface area contributed by atoms with Gasteiger partial charge < -0.3 is 5.32 Å². The van der Waals surface area contributed by atoms with Crippen LogP contribution in [0, 0.1) is 0 Å². The van der Waals surface area contributed by atoms with E-state index in [-0.39, 0.29) is 24.4 Å². The molecule has 1 amide bonds. The summed E-state index contributed by atoms with van der Waals surface area (Å²) >= 11 is 0. The number of amides is 1. The molecule has 0 aliphatic carbocycles. The molecule has 0 fully saturated rings. The first-order chi connectivity index (χ1) is 6.24. The fourth-order valence-electron chi connectivity index (χ4n) is 0.906. The highest BCUT2D eigenvalue weighted by Gasteiger charge is 2.06. The number of nitrogens with zero attached hydrogens (tertiary/aromatic N) is 1. The summed E-state index contributed by atoms with van der Waals surface area (Å²) in [6.45, 7) is 4.02. The van der Waals surface area contributed by atoms with Gasteiger partial charge in [0.2, 0.25) is 0 Å². The second kappa shape index (κ2) is 6.38. The van der Waals surface area contributed by atoms with Gasteiger partial charge in [-0.1, -0.05) is 6.92 Å². The summed E-state index contributed by atoms with van der Waals surface area (Å²) in [5.74, 6) is -0.0533. The molecular weight excluding hydrogens is 200 g/mol. The Morgan fingerprint density at radius 3 is 2.86 bits per heavy atom. The van der Waals surface area contributed by atoms with E-state index < -0.39 is 0 Å². The first-order valence-electron chi connectivity index (χ1n) is 4.45. The summed E-state index contributed by atoms with van der Waals surface area (Å²) < 4.78 is 0. The van der Waals surface area contributed by atoms with Crippen LogP contribution in [0.1, 0.15) is 30.6 Å². The lowest BCUT2D eigenvalue weighted by Crippen LogP contribution is -2.31. The average Bonchev–Trinajstić information content (AvgIpc) is 2.19. The van der Waals surface area contributed by atoms with E-state index in [4.69, 9.17) is 0 Å². The Hall–Kier alpha value is -1.09. The predicted molar refractivity (Wildman–Crippen MR) is 58.7 cm³/mol. The third kappa shape index (κ3) is 3.75. The molecule has 1 atom stereocenters. The molecule has 1 aromatic rings. The fraction of sp³-hybridized carbons (Fsp3) is 0.400. The van der Waals surface area contributed by atoms with Crippen molar-refractivity contribution in [2.24, 2.45) is 0 Å². The molecular formula is C10H15ClN2O. The third-order valence-electron chi connectivity index (χ3n) is 1.91. The molecule has 0 saturated heterocycles. The molecule has 0 radical (unpaired) electrons. The van der Waals surface area contributed by atoms with Crippen LogP contribution in [0.25, 0.3) is 0 Å². The first kappa shape index (κ1) is 12.9. The van der Waals surface area contributed by atoms with Crippen molar-refractivity contribution in [2.75, 3.05) is 0 Å². The minimum atomic E-state index is -0.0533. The van der Waals surface area contributed by atoms with Gasteiger partial charge in [0, 0.05) is 18.4 Å². The molecule has 0 aliphatic rings. The molecule has 1 unspecified atom stereocenters. The lowest BCUT2D eigenvalue weighted by Gasteiger charge is -2.10. The summed E-state index contributed by atoms with van der Waals surface area (Å²) in [6.07, 6.45) is 4.16. The van der Waals surface area contributed by atoms with Gasteiger partial charge >= 0.3 is 0 Å². The zero-order chi connectivity index (χ0) is 9.68. The highest BCUT2D eigenvalue weighted by Crippen LogP contribution is 1.97. The van der Waals surface area contributed by atoms with Gasteiger partial charge in [0.1, 0.15) is 0 Å². The Kier molecular flexibility index (Phi) is 5.88. The summed E-state index contributed by atoms with van der Waals surface area (Å²) in [6, 6.07) is 3.73. The van der Waals surface area contributed by atoms with Crippen molar-refractivity contribution in [3.63, 3.8) is 0 Å². The van der Waals surface area contributed by atoms with Crippen LogP contribution in [0.4, 0.5) is 0 Å². The number of hydrogen-bond donors (Lipinski definition) is 1. The van der Waals surface area contributed by atoms with Crippen LogP contribution in [0.5, 0.6) is 0 Å². The maximum absolute atomic E-state index is 11.5. The van der Waals surface area contributed by atoms with E-state index in [2.05, 4.69) is 10.3 Å². The predicted octanol–water partition coefficient (Wildman–Crippen LogP) is 2.03. The van der Waals surface area contributed by atoms with E-state index in [9.17, 15) is 4.79 Å². The van der Waals surface area contributed by atoms with Gasteiger partial charge in [-0.15, -0.1) is 12.4 Å². The van der Waals surface area contributed by atoms with E-state index in [1.54, 1.807) is 24.5 Å². The zero-order valence-corrected chi connectivity index (χ0v) is 9.17. The van der Waals surface area contributed by atoms with Crippen LogP contribution in [-0.2, 0) is 0 Å². The number of nitrogens with one attached hydrogen (secondary N) is 1. The van der Waals surface area contributed by atoms with E-state index in [1.807, 2.05) is 13.8 Å². The lowest BCUT2D eigenvalue weighted by atomic mass is 10.2. The summed E-state index contributed by atoms with van der Waals surface area (Å²) in [7, 11) is 0. The van der Waals surface area contributed by atoms with Gasteiger partial charge in [0.15, 0.2) is 0 Å². The minimum absolute atomic E-state index is 0. The normalized spacial score (nSPS) is 11.3. The van der Waals surface area contributed by atoms with E-state index in [1.165, 1.54) is 0 Å². The molecule has 0 aromatic carbocycles. The SMILES string of the molecule is CCC(C)NC(=O)c1cccnc1.Cl. The number of carbonyl (C=O) groups is 1. The van der Waals surface area contributed by atoms with Crippen LogP contribution in [-0.4, -0.2) is 16.9 Å². The monoisotopic (exact) mass is 214 g/mol. The van der Waals surface area contributed by atoms with E-state index >= 15 is 0 Å². The molecule has 1 heterocycles. The van der Waals surface area contributed by atoms with Crippen molar-refractivity contribution in [1.29, 1.82) is 0 Å². The van der Waals surface area contributed by atoms with Gasteiger partial charge in [0.25, 0.3) is 5.91 Å². The molecule has 0 saturated carbocycles. The number of aromatic nitrogens is 1. The average molecular weight is 215 g/mol. The Labute approximate surface area is 90.3 Å². The summed E-state index contributed by atoms with van der Waals surface area (Å²) in [5.41, 5.74) is 0.614. The zero-order valence-electron chi connectivity index (χ0n) is 8.36. The molecule has 3 nitrogen and oxygen atoms in total. The van der Waals surface area contributed by atoms with Gasteiger partial charge in [-0.3, -0.25) is 9.78 Å². The molecule has 1 rings (SSSR count). The van der Waals surface area contributed by atoms with E-state index in [0.717, 1.165) is 6.42 Å². The molecule has 0 aliphatic heterocycles. The van der Waals surface area contributed by atoms with Crippen molar-refractivity contribution in [3.8, 4) is 0 Å². The Balaban J connectivity index is 0.00000169. The maximum atomic E-state index is 11.5. The number of carbonyl (C=O) groups excluding carboxylic acids is 1. The molecule has 4 heteroatoms. The third-order valence-corrected chi connectivity index (χ3v) is 1.91. The largest absolute Gasteiger partial charge is 0.350 e. The highest BCUT2D eigenvalue weighted by molar-refractivity contribution is 5.93. The Morgan fingerprint density at radius 1 is 1.64 bits per heavy atom. The maximum Gasteiger partial charge on any atom is 0.253 e. The van der Waals surface area contributed by atoms with E-state index in [0.29, 0.717) is 5.56 Å². The van der Waals surface area contributed by atoms with Crippen LogP contribution < -0.4 is 5.32 Å². The second-order valence-corrected chi connectivity index (χ2v) is 3.02. The van der Waals surface area contributed by atoms with Crippen LogP contribution >= 0.6 is 12.4 Å². The van der Waals surface area contributed by atoms with Gasteiger partial charge in [-0.25, -0.2) is 0 Å². The quantitative estimate of drug-likeness (QED) is 0.837. The van der Waals surface area contributed by atoms with Gasteiger partial charge in [-0.05, 0) is 25.5 Å². The lowest BCUT2D eigenvalue weighted by molar-refractivity contribution is 0.0939. The first-order valence-corrected chi connectivity index (χ1v) is 4.45. The number of pyridine rings is 1. The summed E-state index contributed by atoms with van der Waals surface area (Å²) in [5, 5.41) is 2.87. The minimum Gasteiger partial charge on any atom is -0.350 e. The van der Waals surface area contributed by atoms with Crippen molar-refractivity contribution in [2.45, 2.75) is 26.3 Å². The molecule has 14 heavy (non-hydrogen) atoms. The molecule has 1 aromatic heterocycles. The van der Waals surface area contributed by atoms with Crippen LogP contribution in [0.3, 0.4) is 0 Å². The number of rotatable bonds is 3. The topological polar surface area (TPSA) is 42.0 Å². The Bertz CT molecular complexity index is 277. The Morgan fingerprint density at radius 2 is 2.36 bits per heavy atom. The molecule has 1 N–H and O–H groups in total. The second-order valence-electron chi connectivity index (χ2n) is 3.02. The molecule has 78 valence electrons. The van der Waals surface area contributed by atoms with Crippen LogP contribution in [0.2, 0.25) is 0 Å². The van der Waals surface area contributed by atoms with Crippen molar-refractivity contribution in [1.82, 2.24) is 10.3 Å². The van der Waals surface area contributed by atoms with Gasteiger partial charge in [-0.2, -0.15) is 0 Å².